The molecule has 0 fully saturated rings. The summed E-state index contributed by atoms with van der Waals surface area (Å²) >= 11 is 0. The van der Waals surface area contributed by atoms with Crippen molar-refractivity contribution in [2.24, 2.45) is 7.05 Å². The molecule has 3 nitrogen and oxygen atoms in total. The Morgan fingerprint density at radius 3 is 2.32 bits per heavy atom. The van der Waals surface area contributed by atoms with E-state index in [0.717, 1.165) is 44.9 Å². The maximum Gasteiger partial charge on any atom is 0.141 e. The van der Waals surface area contributed by atoms with Gasteiger partial charge in [0.05, 0.1) is 11.0 Å². The van der Waals surface area contributed by atoms with Gasteiger partial charge in [-0.15, -0.1) is 0 Å². The predicted molar refractivity (Wildman–Crippen MR) is 116 cm³/mol. The molecule has 140 valence electrons. The third kappa shape index (κ3) is 3.31. The maximum atomic E-state index is 6.05. The van der Waals surface area contributed by atoms with Gasteiger partial charge in [0, 0.05) is 12.6 Å². The molecule has 0 spiro atoms. The Morgan fingerprint density at radius 1 is 1.00 bits per heavy atom. The van der Waals surface area contributed by atoms with Crippen LogP contribution in [0, 0.1) is 13.8 Å². The van der Waals surface area contributed by atoms with E-state index in [1.165, 1.54) is 5.56 Å². The Balaban J connectivity index is 1.62. The lowest BCUT2D eigenvalue weighted by Gasteiger charge is -2.14. The lowest BCUT2D eigenvalue weighted by atomic mass is 10.0. The highest BCUT2D eigenvalue weighted by Crippen LogP contribution is 2.32. The number of aryl methyl sites for hydroxylation is 3. The molecular weight excluding hydrogens is 344 g/mol. The quantitative estimate of drug-likeness (QED) is 0.427. The molecule has 28 heavy (non-hydrogen) atoms. The van der Waals surface area contributed by atoms with Crippen molar-refractivity contribution in [1.82, 2.24) is 9.55 Å². The SMILES string of the molecule is C=Cc1ccc(COc2cc(C)c(-c3nc4ccccc4n3C)c(C)c2)cc1. The number of benzene rings is 3. The second-order valence-corrected chi connectivity index (χ2v) is 7.15. The number of ether oxygens (including phenoxy) is 1. The van der Waals surface area contributed by atoms with Crippen molar-refractivity contribution in [3.8, 4) is 17.1 Å². The van der Waals surface area contributed by atoms with E-state index in [2.05, 4.69) is 80.6 Å². The van der Waals surface area contributed by atoms with Crippen LogP contribution in [0.4, 0.5) is 0 Å². The van der Waals surface area contributed by atoms with Crippen LogP contribution in [-0.2, 0) is 13.7 Å². The van der Waals surface area contributed by atoms with E-state index < -0.39 is 0 Å². The largest absolute Gasteiger partial charge is 0.489 e. The van der Waals surface area contributed by atoms with E-state index in [0.29, 0.717) is 6.61 Å². The van der Waals surface area contributed by atoms with Crippen molar-refractivity contribution in [2.45, 2.75) is 20.5 Å². The van der Waals surface area contributed by atoms with Crippen LogP contribution in [0.1, 0.15) is 22.3 Å². The van der Waals surface area contributed by atoms with E-state index in [-0.39, 0.29) is 0 Å². The first-order valence-corrected chi connectivity index (χ1v) is 9.44. The Morgan fingerprint density at radius 2 is 1.68 bits per heavy atom. The molecule has 3 heteroatoms. The molecule has 1 aromatic heterocycles. The van der Waals surface area contributed by atoms with Crippen molar-refractivity contribution in [3.05, 3.63) is 89.5 Å². The summed E-state index contributed by atoms with van der Waals surface area (Å²) in [6, 6.07) is 20.7. The van der Waals surface area contributed by atoms with Crippen molar-refractivity contribution < 1.29 is 4.74 Å². The molecule has 0 N–H and O–H groups in total. The van der Waals surface area contributed by atoms with Gasteiger partial charge >= 0.3 is 0 Å². The molecule has 0 atom stereocenters. The average molecular weight is 368 g/mol. The summed E-state index contributed by atoms with van der Waals surface area (Å²) in [5, 5.41) is 0. The summed E-state index contributed by atoms with van der Waals surface area (Å²) in [6.45, 7) is 8.57. The van der Waals surface area contributed by atoms with Gasteiger partial charge in [0.2, 0.25) is 0 Å². The molecule has 0 radical (unpaired) electrons. The lowest BCUT2D eigenvalue weighted by Crippen LogP contribution is -2.00. The molecule has 0 aliphatic heterocycles. The standard InChI is InChI=1S/C25H24N2O/c1-5-19-10-12-20(13-11-19)16-28-21-14-17(2)24(18(3)15-21)25-26-22-8-6-7-9-23(22)27(25)4/h5-15H,1,16H2,2-4H3. The smallest absolute Gasteiger partial charge is 0.141 e. The Hall–Kier alpha value is -3.33. The minimum atomic E-state index is 0.544. The summed E-state index contributed by atoms with van der Waals surface area (Å²) in [5.41, 5.74) is 7.90. The number of rotatable bonds is 5. The van der Waals surface area contributed by atoms with E-state index in [1.807, 2.05) is 18.2 Å². The van der Waals surface area contributed by atoms with Gasteiger partial charge in [-0.25, -0.2) is 4.98 Å². The summed E-state index contributed by atoms with van der Waals surface area (Å²) in [5.74, 6) is 1.87. The molecule has 0 saturated carbocycles. The number of hydrogen-bond donors (Lipinski definition) is 0. The van der Waals surface area contributed by atoms with E-state index in [9.17, 15) is 0 Å². The van der Waals surface area contributed by atoms with Crippen LogP contribution in [0.15, 0.2) is 67.2 Å². The van der Waals surface area contributed by atoms with Gasteiger partial charge in [0.1, 0.15) is 18.2 Å². The zero-order chi connectivity index (χ0) is 19.7. The number of nitrogens with zero attached hydrogens (tertiary/aromatic N) is 2. The van der Waals surface area contributed by atoms with Crippen LogP contribution in [0.2, 0.25) is 0 Å². The molecule has 0 saturated heterocycles. The molecule has 0 bridgehead atoms. The maximum absolute atomic E-state index is 6.05. The van der Waals surface area contributed by atoms with Gasteiger partial charge in [-0.2, -0.15) is 0 Å². The van der Waals surface area contributed by atoms with Gasteiger partial charge in [-0.3, -0.25) is 0 Å². The van der Waals surface area contributed by atoms with Gasteiger partial charge < -0.3 is 9.30 Å². The zero-order valence-corrected chi connectivity index (χ0v) is 16.6. The van der Waals surface area contributed by atoms with E-state index in [1.54, 1.807) is 0 Å². The Kier molecular flexibility index (Phi) is 4.74. The van der Waals surface area contributed by atoms with Crippen molar-refractivity contribution in [2.75, 3.05) is 0 Å². The summed E-state index contributed by atoms with van der Waals surface area (Å²) in [4.78, 5) is 4.86. The van der Waals surface area contributed by atoms with E-state index >= 15 is 0 Å². The fourth-order valence-electron chi connectivity index (χ4n) is 3.65. The molecule has 4 aromatic rings. The van der Waals surface area contributed by atoms with Crippen LogP contribution in [-0.4, -0.2) is 9.55 Å². The van der Waals surface area contributed by atoms with Crippen molar-refractivity contribution in [1.29, 1.82) is 0 Å². The fraction of sp³-hybridized carbons (Fsp3) is 0.160. The monoisotopic (exact) mass is 368 g/mol. The van der Waals surface area contributed by atoms with E-state index in [4.69, 9.17) is 9.72 Å². The molecule has 4 rings (SSSR count). The highest BCUT2D eigenvalue weighted by molar-refractivity contribution is 5.82. The molecule has 0 aliphatic rings. The number of para-hydroxylation sites is 2. The van der Waals surface area contributed by atoms with Gasteiger partial charge in [0.15, 0.2) is 0 Å². The number of imidazole rings is 1. The number of hydrogen-bond acceptors (Lipinski definition) is 2. The second-order valence-electron chi connectivity index (χ2n) is 7.15. The zero-order valence-electron chi connectivity index (χ0n) is 16.6. The Labute approximate surface area is 165 Å². The summed E-state index contributed by atoms with van der Waals surface area (Å²) in [6.07, 6.45) is 1.84. The second kappa shape index (κ2) is 7.35. The highest BCUT2D eigenvalue weighted by atomic mass is 16.5. The topological polar surface area (TPSA) is 27.1 Å². The molecule has 0 aliphatic carbocycles. The highest BCUT2D eigenvalue weighted by Gasteiger charge is 2.15. The summed E-state index contributed by atoms with van der Waals surface area (Å²) < 4.78 is 8.21. The van der Waals surface area contributed by atoms with Gasteiger partial charge in [0.25, 0.3) is 0 Å². The first kappa shape index (κ1) is 18.1. The van der Waals surface area contributed by atoms with Crippen molar-refractivity contribution >= 4 is 17.1 Å². The predicted octanol–water partition coefficient (Wildman–Crippen LogP) is 6.08. The summed E-state index contributed by atoms with van der Waals surface area (Å²) in [7, 11) is 2.07. The van der Waals surface area contributed by atoms with Crippen LogP contribution in [0.3, 0.4) is 0 Å². The van der Waals surface area contributed by atoms with Gasteiger partial charge in [-0.05, 0) is 60.4 Å². The normalized spacial score (nSPS) is 11.0. The number of aromatic nitrogens is 2. The van der Waals surface area contributed by atoms with Crippen LogP contribution >= 0.6 is 0 Å². The minimum absolute atomic E-state index is 0.544. The molecule has 0 amide bonds. The van der Waals surface area contributed by atoms with Crippen LogP contribution in [0.25, 0.3) is 28.5 Å². The fourth-order valence-corrected chi connectivity index (χ4v) is 3.65. The Bertz CT molecular complexity index is 1130. The molecule has 1 heterocycles. The van der Waals surface area contributed by atoms with Crippen LogP contribution in [0.5, 0.6) is 5.75 Å². The molecule has 3 aromatic carbocycles. The van der Waals surface area contributed by atoms with Crippen LogP contribution < -0.4 is 4.74 Å². The lowest BCUT2D eigenvalue weighted by molar-refractivity contribution is 0.306. The molecular formula is C25H24N2O. The first-order valence-electron chi connectivity index (χ1n) is 9.44. The number of fused-ring (bicyclic) bond motifs is 1. The average Bonchev–Trinajstić information content (AvgIpc) is 3.03. The van der Waals surface area contributed by atoms with Crippen molar-refractivity contribution in [3.63, 3.8) is 0 Å². The molecule has 0 unspecified atom stereocenters. The van der Waals surface area contributed by atoms with Gasteiger partial charge in [-0.1, -0.05) is 49.1 Å². The third-order valence-electron chi connectivity index (χ3n) is 5.14. The third-order valence-corrected chi connectivity index (χ3v) is 5.14. The first-order chi connectivity index (χ1) is 13.6. The minimum Gasteiger partial charge on any atom is -0.489 e.